The van der Waals surface area contributed by atoms with Gasteiger partial charge in [-0.05, 0) is 49.1 Å². The van der Waals surface area contributed by atoms with Crippen molar-refractivity contribution < 1.29 is 4.42 Å². The molecular formula is C17H20ClNO. The van der Waals surface area contributed by atoms with Crippen LogP contribution in [0.4, 0.5) is 0 Å². The summed E-state index contributed by atoms with van der Waals surface area (Å²) in [6.45, 7) is 5.18. The lowest BCUT2D eigenvalue weighted by molar-refractivity contribution is 0.430. The Labute approximate surface area is 125 Å². The molecule has 1 fully saturated rings. The molecule has 3 atom stereocenters. The van der Waals surface area contributed by atoms with Gasteiger partial charge in [0.2, 0.25) is 0 Å². The van der Waals surface area contributed by atoms with Crippen LogP contribution in [0.3, 0.4) is 0 Å². The number of rotatable bonds is 5. The maximum Gasteiger partial charge on any atom is 0.117 e. The van der Waals surface area contributed by atoms with E-state index in [9.17, 15) is 0 Å². The average molecular weight is 290 g/mol. The third kappa shape index (κ3) is 3.08. The first-order valence-electron chi connectivity index (χ1n) is 7.21. The highest BCUT2D eigenvalue weighted by Gasteiger charge is 2.36. The van der Waals surface area contributed by atoms with Crippen molar-refractivity contribution in [3.8, 4) is 0 Å². The van der Waals surface area contributed by atoms with E-state index in [2.05, 4.69) is 43.4 Å². The predicted molar refractivity (Wildman–Crippen MR) is 81.9 cm³/mol. The van der Waals surface area contributed by atoms with Gasteiger partial charge in [-0.15, -0.1) is 0 Å². The fourth-order valence-corrected chi connectivity index (χ4v) is 2.66. The smallest absolute Gasteiger partial charge is 0.117 e. The van der Waals surface area contributed by atoms with Gasteiger partial charge in [0.05, 0.1) is 6.54 Å². The van der Waals surface area contributed by atoms with Crippen LogP contribution in [-0.4, -0.2) is 0 Å². The molecule has 3 heteroatoms. The summed E-state index contributed by atoms with van der Waals surface area (Å²) in [4.78, 5) is 0. The first kappa shape index (κ1) is 13.7. The van der Waals surface area contributed by atoms with Crippen LogP contribution >= 0.6 is 11.6 Å². The van der Waals surface area contributed by atoms with Crippen LogP contribution in [0.25, 0.3) is 0 Å². The van der Waals surface area contributed by atoms with Crippen LogP contribution < -0.4 is 5.32 Å². The second kappa shape index (κ2) is 5.63. The zero-order chi connectivity index (χ0) is 14.1. The minimum Gasteiger partial charge on any atom is -0.464 e. The maximum absolute atomic E-state index is 5.90. The minimum absolute atomic E-state index is 0.278. The Balaban J connectivity index is 1.56. The Bertz CT molecular complexity index is 575. The third-order valence-corrected chi connectivity index (χ3v) is 4.36. The molecular weight excluding hydrogens is 270 g/mol. The predicted octanol–water partition coefficient (Wildman–Crippen LogP) is 4.91. The molecule has 1 saturated carbocycles. The maximum atomic E-state index is 5.90. The van der Waals surface area contributed by atoms with Crippen molar-refractivity contribution in [3.05, 3.63) is 58.5 Å². The summed E-state index contributed by atoms with van der Waals surface area (Å²) in [7, 11) is 0. The molecule has 106 valence electrons. The molecule has 2 unspecified atom stereocenters. The summed E-state index contributed by atoms with van der Waals surface area (Å²) in [6, 6.07) is 12.4. The zero-order valence-corrected chi connectivity index (χ0v) is 12.7. The van der Waals surface area contributed by atoms with Gasteiger partial charge in [0, 0.05) is 17.0 Å². The zero-order valence-electron chi connectivity index (χ0n) is 11.9. The lowest BCUT2D eigenvalue weighted by atomic mass is 10.1. The monoisotopic (exact) mass is 289 g/mol. The standard InChI is InChI=1S/C17H20ClNO/c1-11-9-16(11)17-8-7-15(20-17)10-19-12(2)13-3-5-14(18)6-4-13/h3-8,11-12,16,19H,9-10H2,1-2H3/t11?,12-,16?/m0/s1. The first-order valence-corrected chi connectivity index (χ1v) is 7.58. The van der Waals surface area contributed by atoms with E-state index < -0.39 is 0 Å². The van der Waals surface area contributed by atoms with Gasteiger partial charge >= 0.3 is 0 Å². The molecule has 1 aliphatic carbocycles. The lowest BCUT2D eigenvalue weighted by Crippen LogP contribution is -2.17. The molecule has 20 heavy (non-hydrogen) atoms. The number of halogens is 1. The van der Waals surface area contributed by atoms with E-state index in [0.29, 0.717) is 5.92 Å². The Morgan fingerprint density at radius 2 is 1.95 bits per heavy atom. The first-order chi connectivity index (χ1) is 9.63. The summed E-state index contributed by atoms with van der Waals surface area (Å²) in [5.74, 6) is 3.60. The lowest BCUT2D eigenvalue weighted by Gasteiger charge is -2.13. The SMILES string of the molecule is CC1CC1c1ccc(CN[C@@H](C)c2ccc(Cl)cc2)o1. The molecule has 0 amide bonds. The van der Waals surface area contributed by atoms with Crippen LogP contribution in [0, 0.1) is 5.92 Å². The molecule has 0 bridgehead atoms. The van der Waals surface area contributed by atoms with E-state index in [1.54, 1.807) is 0 Å². The quantitative estimate of drug-likeness (QED) is 0.846. The van der Waals surface area contributed by atoms with Crippen molar-refractivity contribution in [2.45, 2.75) is 38.8 Å². The van der Waals surface area contributed by atoms with Crippen molar-refractivity contribution in [3.63, 3.8) is 0 Å². The van der Waals surface area contributed by atoms with E-state index in [1.807, 2.05) is 12.1 Å². The van der Waals surface area contributed by atoms with Crippen molar-refractivity contribution in [1.82, 2.24) is 5.32 Å². The number of furan rings is 1. The Morgan fingerprint density at radius 3 is 2.60 bits per heavy atom. The molecule has 1 N–H and O–H groups in total. The van der Waals surface area contributed by atoms with E-state index in [0.717, 1.165) is 29.0 Å². The fraction of sp³-hybridized carbons (Fsp3) is 0.412. The fourth-order valence-electron chi connectivity index (χ4n) is 2.53. The van der Waals surface area contributed by atoms with Gasteiger partial charge in [-0.1, -0.05) is 30.7 Å². The Kier molecular flexibility index (Phi) is 3.86. The largest absolute Gasteiger partial charge is 0.464 e. The molecule has 0 aliphatic heterocycles. The number of benzene rings is 1. The van der Waals surface area contributed by atoms with Gasteiger partial charge in [-0.2, -0.15) is 0 Å². The van der Waals surface area contributed by atoms with Gasteiger partial charge < -0.3 is 9.73 Å². The van der Waals surface area contributed by atoms with Crippen LogP contribution in [0.1, 0.15) is 49.3 Å². The van der Waals surface area contributed by atoms with Crippen LogP contribution in [-0.2, 0) is 6.54 Å². The highest BCUT2D eigenvalue weighted by atomic mass is 35.5. The van der Waals surface area contributed by atoms with E-state index in [-0.39, 0.29) is 6.04 Å². The summed E-state index contributed by atoms with van der Waals surface area (Å²) in [6.07, 6.45) is 1.27. The summed E-state index contributed by atoms with van der Waals surface area (Å²) in [5.41, 5.74) is 1.23. The molecule has 0 radical (unpaired) electrons. The Morgan fingerprint density at radius 1 is 1.25 bits per heavy atom. The number of nitrogens with one attached hydrogen (secondary N) is 1. The van der Waals surface area contributed by atoms with Crippen LogP contribution in [0.2, 0.25) is 5.02 Å². The third-order valence-electron chi connectivity index (χ3n) is 4.11. The van der Waals surface area contributed by atoms with Crippen molar-refractivity contribution >= 4 is 11.6 Å². The van der Waals surface area contributed by atoms with Crippen molar-refractivity contribution in [2.75, 3.05) is 0 Å². The normalized spacial score (nSPS) is 22.8. The molecule has 1 aliphatic rings. The average Bonchev–Trinajstić information content (AvgIpc) is 3.00. The summed E-state index contributed by atoms with van der Waals surface area (Å²) >= 11 is 5.90. The van der Waals surface area contributed by atoms with Gasteiger partial charge in [0.1, 0.15) is 11.5 Å². The van der Waals surface area contributed by atoms with Gasteiger partial charge in [-0.25, -0.2) is 0 Å². The van der Waals surface area contributed by atoms with E-state index in [1.165, 1.54) is 12.0 Å². The molecule has 2 aromatic rings. The summed E-state index contributed by atoms with van der Waals surface area (Å²) in [5, 5.41) is 4.26. The number of hydrogen-bond donors (Lipinski definition) is 1. The molecule has 2 nitrogen and oxygen atoms in total. The molecule has 1 aromatic heterocycles. The molecule has 0 spiro atoms. The second-order valence-electron chi connectivity index (χ2n) is 5.78. The molecule has 0 saturated heterocycles. The van der Waals surface area contributed by atoms with E-state index >= 15 is 0 Å². The Hall–Kier alpha value is -1.25. The number of hydrogen-bond acceptors (Lipinski definition) is 2. The van der Waals surface area contributed by atoms with Gasteiger partial charge in [-0.3, -0.25) is 0 Å². The highest BCUT2D eigenvalue weighted by molar-refractivity contribution is 6.30. The van der Waals surface area contributed by atoms with Crippen LogP contribution in [0.5, 0.6) is 0 Å². The molecule has 3 rings (SSSR count). The van der Waals surface area contributed by atoms with Crippen molar-refractivity contribution in [2.24, 2.45) is 5.92 Å². The topological polar surface area (TPSA) is 25.2 Å². The minimum atomic E-state index is 0.278. The van der Waals surface area contributed by atoms with Gasteiger partial charge in [0.15, 0.2) is 0 Å². The highest BCUT2D eigenvalue weighted by Crippen LogP contribution is 2.47. The van der Waals surface area contributed by atoms with Crippen molar-refractivity contribution in [1.29, 1.82) is 0 Å². The summed E-state index contributed by atoms with van der Waals surface area (Å²) < 4.78 is 5.90. The van der Waals surface area contributed by atoms with Gasteiger partial charge in [0.25, 0.3) is 0 Å². The van der Waals surface area contributed by atoms with E-state index in [4.69, 9.17) is 16.0 Å². The molecule has 1 aromatic carbocycles. The second-order valence-corrected chi connectivity index (χ2v) is 6.21. The van der Waals surface area contributed by atoms with Crippen LogP contribution in [0.15, 0.2) is 40.8 Å². The molecule has 1 heterocycles.